The minimum absolute atomic E-state index is 0.281. The number of nitrogens with zero attached hydrogens (tertiary/aromatic N) is 2. The Morgan fingerprint density at radius 1 is 1.53 bits per heavy atom. The summed E-state index contributed by atoms with van der Waals surface area (Å²) in [6, 6.07) is 7.32. The molecule has 1 aliphatic rings. The van der Waals surface area contributed by atoms with Gasteiger partial charge in [0.2, 0.25) is 5.91 Å². The highest BCUT2D eigenvalue weighted by Gasteiger charge is 2.23. The van der Waals surface area contributed by atoms with Crippen LogP contribution in [0.5, 0.6) is 0 Å². The van der Waals surface area contributed by atoms with Gasteiger partial charge in [-0.2, -0.15) is 0 Å². The molecule has 15 heavy (non-hydrogen) atoms. The van der Waals surface area contributed by atoms with Gasteiger partial charge >= 0.3 is 0 Å². The summed E-state index contributed by atoms with van der Waals surface area (Å²) in [4.78, 5) is 14.0. The molecule has 0 saturated carbocycles. The topological polar surface area (TPSA) is 23.6 Å². The normalized spacial score (nSPS) is 22.1. The zero-order valence-electron chi connectivity index (χ0n) is 14.2. The Morgan fingerprint density at radius 3 is 3.13 bits per heavy atom. The molecule has 1 aromatic carbocycles. The molecule has 1 aliphatic heterocycles. The van der Waals surface area contributed by atoms with Crippen LogP contribution in [0.4, 0.5) is 5.69 Å². The molecule has 0 aromatic heterocycles. The molecule has 0 fully saturated rings. The Labute approximate surface area is 98.7 Å². The van der Waals surface area contributed by atoms with Crippen molar-refractivity contribution in [3.8, 4) is 0 Å². The van der Waals surface area contributed by atoms with E-state index >= 15 is 0 Å². The van der Waals surface area contributed by atoms with Crippen molar-refractivity contribution >= 4 is 11.6 Å². The van der Waals surface area contributed by atoms with Crippen LogP contribution in [0.2, 0.25) is 0 Å². The zero-order chi connectivity index (χ0) is 15.8. The minimum Gasteiger partial charge on any atom is -0.311 e. The first-order chi connectivity index (χ1) is 9.60. The van der Waals surface area contributed by atoms with Crippen LogP contribution in [0.15, 0.2) is 24.3 Å². The molecule has 0 aliphatic carbocycles. The third-order valence-electron chi connectivity index (χ3n) is 2.48. The molecule has 0 bridgehead atoms. The van der Waals surface area contributed by atoms with Crippen molar-refractivity contribution in [3.63, 3.8) is 0 Å². The van der Waals surface area contributed by atoms with Crippen LogP contribution < -0.4 is 4.90 Å². The average Bonchev–Trinajstić information content (AvgIpc) is 2.76. The van der Waals surface area contributed by atoms with Gasteiger partial charge in [-0.1, -0.05) is 18.2 Å². The van der Waals surface area contributed by atoms with Crippen LogP contribution in [-0.4, -0.2) is 37.8 Å². The molecule has 3 heteroatoms. The van der Waals surface area contributed by atoms with Crippen LogP contribution in [0.3, 0.4) is 0 Å². The summed E-state index contributed by atoms with van der Waals surface area (Å²) < 4.78 is 43.7. The maximum absolute atomic E-state index is 12.3. The maximum Gasteiger partial charge on any atom is 0.241 e. The van der Waals surface area contributed by atoms with E-state index in [4.69, 9.17) is 8.22 Å². The van der Waals surface area contributed by atoms with E-state index < -0.39 is 26.4 Å². The molecule has 0 radical (unpaired) electrons. The molecule has 80 valence electrons. The lowest BCUT2D eigenvalue weighted by atomic mass is 10.2. The van der Waals surface area contributed by atoms with Gasteiger partial charge in [-0.25, -0.2) is 0 Å². The highest BCUT2D eigenvalue weighted by atomic mass is 16.2. The quantitative estimate of drug-likeness (QED) is 0.731. The number of anilines is 1. The third-order valence-corrected chi connectivity index (χ3v) is 2.48. The fraction of sp³-hybridized carbons (Fsp3) is 0.417. The predicted octanol–water partition coefficient (Wildman–Crippen LogP) is 1.14. The van der Waals surface area contributed by atoms with Crippen LogP contribution in [0.1, 0.15) is 13.8 Å². The number of carbonyl (C=O) groups is 1. The molecule has 1 heterocycles. The number of rotatable bonds is 2. The van der Waals surface area contributed by atoms with Crippen molar-refractivity contribution in [3.05, 3.63) is 29.8 Å². The van der Waals surface area contributed by atoms with E-state index in [1.807, 2.05) is 12.1 Å². The van der Waals surface area contributed by atoms with Crippen LogP contribution in [0.25, 0.3) is 0 Å². The predicted molar refractivity (Wildman–Crippen MR) is 61.1 cm³/mol. The molecular formula is C12H16N2O. The largest absolute Gasteiger partial charge is 0.311 e. The zero-order valence-corrected chi connectivity index (χ0v) is 8.23. The SMILES string of the molecule is [2H]C([2H])([2H])N(CC(=O)N1CCc2ccccc21)C([2H])([2H])[2H]. The van der Waals surface area contributed by atoms with Gasteiger partial charge < -0.3 is 9.80 Å². The first kappa shape index (κ1) is 5.12. The van der Waals surface area contributed by atoms with Crippen molar-refractivity contribution in [2.75, 3.05) is 31.9 Å². The number of likely N-dealkylation sites (N-methyl/N-ethyl adjacent to an activating group) is 1. The van der Waals surface area contributed by atoms with Crippen LogP contribution >= 0.6 is 0 Å². The second-order valence-corrected chi connectivity index (χ2v) is 3.51. The molecule has 0 saturated heterocycles. The number of carbonyl (C=O) groups excluding carboxylic acids is 1. The minimum atomic E-state index is -2.85. The van der Waals surface area contributed by atoms with Crippen LogP contribution in [-0.2, 0) is 11.2 Å². The van der Waals surface area contributed by atoms with Crippen molar-refractivity contribution in [2.45, 2.75) is 6.42 Å². The Morgan fingerprint density at radius 2 is 2.33 bits per heavy atom. The van der Waals surface area contributed by atoms with Gasteiger partial charge in [-0.15, -0.1) is 0 Å². The molecule has 3 nitrogen and oxygen atoms in total. The first-order valence-electron chi connectivity index (χ1n) is 7.77. The van der Waals surface area contributed by atoms with Crippen molar-refractivity contribution in [1.82, 2.24) is 4.90 Å². The molecule has 2 rings (SSSR count). The molecule has 0 atom stereocenters. The van der Waals surface area contributed by atoms with Crippen molar-refractivity contribution in [2.24, 2.45) is 0 Å². The Kier molecular flexibility index (Phi) is 1.37. The Balaban J connectivity index is 2.18. The van der Waals surface area contributed by atoms with Gasteiger partial charge in [0.15, 0.2) is 0 Å². The number of hydrogen-bond donors (Lipinski definition) is 0. The van der Waals surface area contributed by atoms with E-state index in [9.17, 15) is 4.79 Å². The summed E-state index contributed by atoms with van der Waals surface area (Å²) in [5.74, 6) is -0.521. The van der Waals surface area contributed by atoms with Gasteiger partial charge in [0.05, 0.1) is 6.54 Å². The lowest BCUT2D eigenvalue weighted by Crippen LogP contribution is -2.36. The fourth-order valence-corrected chi connectivity index (χ4v) is 1.82. The summed E-state index contributed by atoms with van der Waals surface area (Å²) in [6.07, 6.45) is 0.684. The average molecular weight is 210 g/mol. The second kappa shape index (κ2) is 4.03. The Hall–Kier alpha value is -1.35. The van der Waals surface area contributed by atoms with E-state index in [1.165, 1.54) is 4.90 Å². The van der Waals surface area contributed by atoms with E-state index in [1.54, 1.807) is 12.1 Å². The number of para-hydroxylation sites is 1. The highest BCUT2D eigenvalue weighted by Crippen LogP contribution is 2.27. The third kappa shape index (κ3) is 2.02. The number of amides is 1. The Bertz CT molecular complexity index is 525. The second-order valence-electron chi connectivity index (χ2n) is 3.51. The van der Waals surface area contributed by atoms with E-state index in [0.29, 0.717) is 13.0 Å². The fourth-order valence-electron chi connectivity index (χ4n) is 1.82. The van der Waals surface area contributed by atoms with E-state index in [2.05, 4.69) is 0 Å². The molecule has 1 amide bonds. The summed E-state index contributed by atoms with van der Waals surface area (Å²) in [7, 11) is 0. The number of fused-ring (bicyclic) bond motifs is 1. The molecular weight excluding hydrogens is 188 g/mol. The monoisotopic (exact) mass is 210 g/mol. The molecule has 0 N–H and O–H groups in total. The smallest absolute Gasteiger partial charge is 0.241 e. The van der Waals surface area contributed by atoms with Gasteiger partial charge in [-0.3, -0.25) is 4.79 Å². The summed E-state index contributed by atoms with van der Waals surface area (Å²) in [6.45, 7) is -5.92. The number of hydrogen-bond acceptors (Lipinski definition) is 2. The van der Waals surface area contributed by atoms with E-state index in [-0.39, 0.29) is 4.90 Å². The van der Waals surface area contributed by atoms with Gasteiger partial charge in [-0.05, 0) is 32.0 Å². The summed E-state index contributed by atoms with van der Waals surface area (Å²) in [5.41, 5.74) is 1.72. The van der Waals surface area contributed by atoms with Gasteiger partial charge in [0.25, 0.3) is 0 Å². The first-order valence-corrected chi connectivity index (χ1v) is 4.77. The van der Waals surface area contributed by atoms with Crippen molar-refractivity contribution < 1.29 is 13.0 Å². The lowest BCUT2D eigenvalue weighted by molar-refractivity contribution is -0.119. The highest BCUT2D eigenvalue weighted by molar-refractivity contribution is 5.96. The molecule has 1 aromatic rings. The summed E-state index contributed by atoms with van der Waals surface area (Å²) in [5, 5.41) is 0. The number of benzene rings is 1. The van der Waals surface area contributed by atoms with Gasteiger partial charge in [0, 0.05) is 20.5 Å². The molecule has 0 unspecified atom stereocenters. The van der Waals surface area contributed by atoms with Crippen molar-refractivity contribution in [1.29, 1.82) is 0 Å². The summed E-state index contributed by atoms with van der Waals surface area (Å²) >= 11 is 0. The van der Waals surface area contributed by atoms with Gasteiger partial charge in [0.1, 0.15) is 0 Å². The maximum atomic E-state index is 12.3. The molecule has 0 spiro atoms. The standard InChI is InChI=1S/C12H16N2O/c1-13(2)9-12(15)14-8-7-10-5-3-4-6-11(10)14/h3-6H,7-9H2,1-2H3/i1D3,2D3. The van der Waals surface area contributed by atoms with Crippen LogP contribution in [0, 0.1) is 0 Å². The van der Waals surface area contributed by atoms with E-state index in [0.717, 1.165) is 11.3 Å². The lowest BCUT2D eigenvalue weighted by Gasteiger charge is -2.19.